The van der Waals surface area contributed by atoms with Crippen LogP contribution in [0.15, 0.2) is 230 Å². The highest BCUT2D eigenvalue weighted by Crippen LogP contribution is 2.41. The first-order valence-electron chi connectivity index (χ1n) is 31.5. The van der Waals surface area contributed by atoms with Gasteiger partial charge in [0.15, 0.2) is 0 Å². The van der Waals surface area contributed by atoms with Gasteiger partial charge in [-0.05, 0) is 117 Å². The first-order chi connectivity index (χ1) is 41.7. The van der Waals surface area contributed by atoms with Gasteiger partial charge in [-0.25, -0.2) is 4.98 Å². The predicted molar refractivity (Wildman–Crippen MR) is 287 cm³/mol. The summed E-state index contributed by atoms with van der Waals surface area (Å²) in [6, 6.07) is 31.2. The molecule has 3 aromatic heterocycles. The van der Waals surface area contributed by atoms with Gasteiger partial charge in [-0.2, -0.15) is 0 Å². The van der Waals surface area contributed by atoms with E-state index < -0.39 is 97.5 Å². The molecule has 70 heavy (non-hydrogen) atoms. The van der Waals surface area contributed by atoms with E-state index in [2.05, 4.69) is 27.1 Å². The van der Waals surface area contributed by atoms with Crippen molar-refractivity contribution in [2.24, 2.45) is 0 Å². The smallest absolute Gasteiger partial charge is 0.269 e. The van der Waals surface area contributed by atoms with Gasteiger partial charge < -0.3 is 4.74 Å². The van der Waals surface area contributed by atoms with Crippen molar-refractivity contribution in [2.45, 2.75) is 33.0 Å². The summed E-state index contributed by atoms with van der Waals surface area (Å²) < 4.78 is 169. The first kappa shape index (κ1) is 27.3. The highest BCUT2D eigenvalue weighted by molar-refractivity contribution is 6.09. The number of benzene rings is 9. The van der Waals surface area contributed by atoms with E-state index in [1.165, 1.54) is 18.3 Å². The molecule has 0 saturated carbocycles. The summed E-state index contributed by atoms with van der Waals surface area (Å²) in [5.41, 5.74) is 4.02. The number of fused-ring (bicyclic) bond motifs is 4. The Kier molecular flexibility index (Phi) is 6.77. The lowest BCUT2D eigenvalue weighted by Gasteiger charge is -2.22. The average Bonchev–Trinajstić information content (AvgIpc) is 3.28. The summed E-state index contributed by atoms with van der Waals surface area (Å²) >= 11 is 0. The minimum absolute atomic E-state index is 0.0846. The lowest BCUT2D eigenvalue weighted by molar-refractivity contribution is -0.571. The van der Waals surface area contributed by atoms with E-state index in [1.807, 2.05) is 84.9 Å². The summed E-state index contributed by atoms with van der Waals surface area (Å²) in [7, 11) is 0. The van der Waals surface area contributed by atoms with Crippen LogP contribution < -0.4 is 9.30 Å². The maximum absolute atomic E-state index is 9.40. The maximum Gasteiger partial charge on any atom is 0.269 e. The van der Waals surface area contributed by atoms with Crippen LogP contribution in [0.25, 0.3) is 94.5 Å². The standard InChI is InChI=1S/C65H50N4O/c1-44-36-63(66-42-58(44)47-24-12-7-13-25-47)69-59-31-15-14-30-54(59)55-35-34-53(41-62(55)69)70-52-29-19-28-51(40-52)67-43-68(61-33-17-16-32-60(61)67)64-56(46-22-10-6-11-23-46)38-49(45-20-8-5-9-21-45)39-57(64)48-26-18-27-50(37-48)65(2,3)4/h5-42H,1-4H3/i1D3,5D,6D,7D,8D,9D,10D,11D,12D,13D,20D,21D,22D,23D,24D,25D. The Balaban J connectivity index is 1.04. The van der Waals surface area contributed by atoms with Crippen molar-refractivity contribution in [2.75, 3.05) is 0 Å². The van der Waals surface area contributed by atoms with Gasteiger partial charge in [0.1, 0.15) is 17.3 Å². The second-order valence-corrected chi connectivity index (χ2v) is 17.7. The number of imidazole rings is 1. The fraction of sp³-hybridized carbons (Fsp3) is 0.0769. The molecule has 12 aromatic rings. The van der Waals surface area contributed by atoms with Crippen LogP contribution in [0.5, 0.6) is 11.5 Å². The van der Waals surface area contributed by atoms with Gasteiger partial charge >= 0.3 is 0 Å². The Labute approximate surface area is 434 Å². The number of para-hydroxylation sites is 3. The molecule has 5 nitrogen and oxygen atoms in total. The Morgan fingerprint density at radius 1 is 0.543 bits per heavy atom. The summed E-state index contributed by atoms with van der Waals surface area (Å²) in [4.78, 5) is 4.71. The topological polar surface area (TPSA) is 35.9 Å². The molecule has 5 heteroatoms. The Morgan fingerprint density at radius 2 is 1.19 bits per heavy atom. The third-order valence-electron chi connectivity index (χ3n) is 12.3. The van der Waals surface area contributed by atoms with E-state index in [9.17, 15) is 2.74 Å². The number of hydrogen-bond donors (Lipinski definition) is 0. The molecule has 3 heterocycles. The van der Waals surface area contributed by atoms with Crippen LogP contribution in [0.1, 0.15) is 56.6 Å². The molecular weight excluding hydrogens is 853 g/mol. The van der Waals surface area contributed by atoms with Crippen LogP contribution in [0.3, 0.4) is 0 Å². The predicted octanol–water partition coefficient (Wildman–Crippen LogP) is 16.3. The zero-order chi connectivity index (χ0) is 62.9. The molecule has 0 bridgehead atoms. The molecule has 0 aliphatic carbocycles. The molecule has 0 atom stereocenters. The molecule has 0 saturated heterocycles. The van der Waals surface area contributed by atoms with Crippen LogP contribution in [-0.4, -0.2) is 14.1 Å². The number of hydrogen-bond acceptors (Lipinski definition) is 2. The fourth-order valence-corrected chi connectivity index (χ4v) is 9.01. The van der Waals surface area contributed by atoms with Crippen molar-refractivity contribution in [3.63, 3.8) is 0 Å². The molecule has 0 N–H and O–H groups in total. The van der Waals surface area contributed by atoms with Gasteiger partial charge in [-0.3, -0.25) is 13.7 Å². The Bertz CT molecular complexity index is 4860. The molecule has 12 rings (SSSR count). The molecule has 0 aliphatic heterocycles. The van der Waals surface area contributed by atoms with E-state index in [0.29, 0.717) is 56.1 Å². The molecule has 0 fully saturated rings. The van der Waals surface area contributed by atoms with Crippen LogP contribution >= 0.6 is 0 Å². The lowest BCUT2D eigenvalue weighted by Crippen LogP contribution is -2.31. The molecule has 0 radical (unpaired) electrons. The quantitative estimate of drug-likeness (QED) is 0.107. The van der Waals surface area contributed by atoms with Gasteiger partial charge in [0.25, 0.3) is 6.33 Å². The Morgan fingerprint density at radius 3 is 1.93 bits per heavy atom. The number of pyridine rings is 1. The van der Waals surface area contributed by atoms with Gasteiger partial charge in [-0.1, -0.05) is 184 Å². The van der Waals surface area contributed by atoms with E-state index in [0.717, 1.165) is 16.3 Å². The fourth-order valence-electron chi connectivity index (χ4n) is 9.01. The van der Waals surface area contributed by atoms with Crippen LogP contribution in [0, 0.1) is 13.2 Å². The number of ether oxygens (including phenoxy) is 1. The molecule has 336 valence electrons. The van der Waals surface area contributed by atoms with E-state index in [4.69, 9.17) is 31.7 Å². The van der Waals surface area contributed by atoms with Gasteiger partial charge in [0.05, 0.1) is 54.0 Å². The number of nitrogens with zero attached hydrogens (tertiary/aromatic N) is 4. The molecule has 0 amide bonds. The van der Waals surface area contributed by atoms with Crippen molar-refractivity contribution in [1.29, 1.82) is 0 Å². The monoisotopic (exact) mass is 921 g/mol. The van der Waals surface area contributed by atoms with Crippen molar-refractivity contribution in [3.05, 3.63) is 248 Å². The highest BCUT2D eigenvalue weighted by Gasteiger charge is 2.23. The Hall–Kier alpha value is -8.80. The number of aryl methyl sites for hydroxylation is 1. The summed E-state index contributed by atoms with van der Waals surface area (Å²) in [6.07, 6.45) is 4.77. The summed E-state index contributed by atoms with van der Waals surface area (Å²) in [6.45, 7) is 3.34. The third-order valence-corrected chi connectivity index (χ3v) is 12.3. The minimum atomic E-state index is -2.81. The largest absolute Gasteiger partial charge is 0.458 e. The highest BCUT2D eigenvalue weighted by atomic mass is 16.5. The first-order valence-corrected chi connectivity index (χ1v) is 22.5. The number of aromatic nitrogens is 4. The van der Waals surface area contributed by atoms with Gasteiger partial charge in [0, 0.05) is 32.7 Å². The van der Waals surface area contributed by atoms with Crippen molar-refractivity contribution in [3.8, 4) is 73.2 Å². The maximum atomic E-state index is 9.40. The summed E-state index contributed by atoms with van der Waals surface area (Å²) in [5.74, 6) is 0.937. The zero-order valence-corrected chi connectivity index (χ0v) is 38.0. The minimum Gasteiger partial charge on any atom is -0.458 e. The van der Waals surface area contributed by atoms with Crippen LogP contribution in [-0.2, 0) is 5.41 Å². The molecule has 0 spiro atoms. The van der Waals surface area contributed by atoms with Crippen LogP contribution in [0.4, 0.5) is 0 Å². The third kappa shape index (κ3) is 7.72. The average molecular weight is 921 g/mol. The second kappa shape index (κ2) is 17.4. The zero-order valence-electron chi connectivity index (χ0n) is 56.0. The normalized spacial score (nSPS) is 15.5. The van der Waals surface area contributed by atoms with Gasteiger partial charge in [0.2, 0.25) is 0 Å². The van der Waals surface area contributed by atoms with E-state index >= 15 is 0 Å². The van der Waals surface area contributed by atoms with Crippen LogP contribution in [0.2, 0.25) is 0 Å². The van der Waals surface area contributed by atoms with E-state index in [-0.39, 0.29) is 50.2 Å². The lowest BCUT2D eigenvalue weighted by atomic mass is 9.84. The summed E-state index contributed by atoms with van der Waals surface area (Å²) in [5, 5.41) is 1.58. The molecule has 0 aliphatic rings. The number of rotatable bonds is 9. The molecular formula is C65H50N4O. The SMILES string of the molecule is [2H]c1c([2H])c([2H])c(-c2cc(-c3cccc(C(C)(C)C)c3)c(-[n+]3[c-]n(-c4cccc(Oc5ccc6c7ccccc7n(-c7cc(C([2H])([2H])[2H])c(-c8c([2H])c([2H])c([2H])c([2H])c8[2H])cn7)c6c5)c4)c4ccccc43)c(-c3c([2H])c([2H])c([2H])c([2H])c3[2H])c2)c([2H])c1[2H]. The van der Waals surface area contributed by atoms with Gasteiger partial charge in [-0.15, -0.1) is 0 Å². The van der Waals surface area contributed by atoms with E-state index in [1.54, 1.807) is 50.1 Å². The van der Waals surface area contributed by atoms with Crippen molar-refractivity contribution < 1.29 is 34.0 Å². The van der Waals surface area contributed by atoms with Crippen molar-refractivity contribution in [1.82, 2.24) is 14.1 Å². The van der Waals surface area contributed by atoms with Crippen molar-refractivity contribution >= 4 is 32.8 Å². The second-order valence-electron chi connectivity index (χ2n) is 17.7. The molecule has 0 unspecified atom stereocenters. The molecule has 9 aromatic carbocycles.